The summed E-state index contributed by atoms with van der Waals surface area (Å²) >= 11 is 0. The van der Waals surface area contributed by atoms with Crippen LogP contribution in [-0.2, 0) is 4.79 Å². The van der Waals surface area contributed by atoms with E-state index in [1.54, 1.807) is 6.08 Å². The third kappa shape index (κ3) is 7.10. The summed E-state index contributed by atoms with van der Waals surface area (Å²) in [6, 6.07) is 0. The van der Waals surface area contributed by atoms with Gasteiger partial charge in [0.1, 0.15) is 6.29 Å². The largest absolute Gasteiger partial charge is 0.372 e. The summed E-state index contributed by atoms with van der Waals surface area (Å²) in [6.45, 7) is 17.3. The number of carbonyl (C=O) groups is 1. The van der Waals surface area contributed by atoms with E-state index in [0.29, 0.717) is 0 Å². The van der Waals surface area contributed by atoms with Gasteiger partial charge in [-0.1, -0.05) is 46.9 Å². The van der Waals surface area contributed by atoms with Crippen molar-refractivity contribution >= 4 is 6.29 Å². The van der Waals surface area contributed by atoms with E-state index < -0.39 is 0 Å². The number of likely N-dealkylation sites (tertiary alicyclic amines) is 1. The minimum atomic E-state index is 0.251. The third-order valence-corrected chi connectivity index (χ3v) is 2.59. The molecule has 0 spiro atoms. The van der Waals surface area contributed by atoms with Gasteiger partial charge in [-0.05, 0) is 25.0 Å². The van der Waals surface area contributed by atoms with Gasteiger partial charge < -0.3 is 9.69 Å². The van der Waals surface area contributed by atoms with E-state index in [4.69, 9.17) is 0 Å². The molecule has 0 bridgehead atoms. The second kappa shape index (κ2) is 13.8. The standard InChI is InChI=1S/C12H17NO.2C2H6/c1-3-5-12(4-2)13-8-6-11(10-14)7-9-13;2*1-2/h3-5,10-11H,1-2,6-9H2;2*1-2H3/b12-5+;;. The maximum absolute atomic E-state index is 10.6. The second-order valence-electron chi connectivity index (χ2n) is 3.49. The van der Waals surface area contributed by atoms with Gasteiger partial charge in [0.15, 0.2) is 0 Å². The van der Waals surface area contributed by atoms with Gasteiger partial charge in [0.05, 0.1) is 0 Å². The Morgan fingerprint density at radius 2 is 1.61 bits per heavy atom. The first kappa shape index (κ1) is 19.0. The third-order valence-electron chi connectivity index (χ3n) is 2.59. The molecule has 0 radical (unpaired) electrons. The monoisotopic (exact) mass is 251 g/mol. The Kier molecular flexibility index (Phi) is 14.5. The summed E-state index contributed by atoms with van der Waals surface area (Å²) in [5, 5.41) is 0. The van der Waals surface area contributed by atoms with Crippen LogP contribution < -0.4 is 0 Å². The first-order valence-corrected chi connectivity index (χ1v) is 6.97. The zero-order valence-electron chi connectivity index (χ0n) is 12.5. The predicted octanol–water partition coefficient (Wildman–Crippen LogP) is 4.21. The summed E-state index contributed by atoms with van der Waals surface area (Å²) in [6.07, 6.45) is 8.53. The Labute approximate surface area is 113 Å². The van der Waals surface area contributed by atoms with Gasteiger partial charge in [-0.2, -0.15) is 0 Å². The lowest BCUT2D eigenvalue weighted by molar-refractivity contribution is -0.112. The van der Waals surface area contributed by atoms with Crippen molar-refractivity contribution < 1.29 is 4.79 Å². The molecule has 1 fully saturated rings. The average molecular weight is 251 g/mol. The minimum Gasteiger partial charge on any atom is -0.372 e. The quantitative estimate of drug-likeness (QED) is 0.551. The van der Waals surface area contributed by atoms with Crippen LogP contribution in [0.3, 0.4) is 0 Å². The first-order valence-electron chi connectivity index (χ1n) is 6.97. The molecule has 0 atom stereocenters. The van der Waals surface area contributed by atoms with Crippen LogP contribution in [0.5, 0.6) is 0 Å². The number of carbonyl (C=O) groups excluding carboxylic acids is 1. The molecule has 0 amide bonds. The van der Waals surface area contributed by atoms with E-state index in [1.807, 2.05) is 39.8 Å². The lowest BCUT2D eigenvalue weighted by Crippen LogP contribution is -2.32. The molecule has 1 rings (SSSR count). The van der Waals surface area contributed by atoms with E-state index in [0.717, 1.165) is 37.9 Å². The van der Waals surface area contributed by atoms with Crippen molar-refractivity contribution in [3.63, 3.8) is 0 Å². The van der Waals surface area contributed by atoms with Crippen LogP contribution in [0.15, 0.2) is 37.1 Å². The molecule has 0 unspecified atom stereocenters. The second-order valence-corrected chi connectivity index (χ2v) is 3.49. The van der Waals surface area contributed by atoms with Crippen LogP contribution in [0, 0.1) is 5.92 Å². The molecule has 0 aromatic rings. The highest BCUT2D eigenvalue weighted by Crippen LogP contribution is 2.19. The SMILES string of the molecule is C=C/C=C(\C=C)N1CCC(C=O)CC1.CC.CC. The van der Waals surface area contributed by atoms with Gasteiger partial charge in [0.25, 0.3) is 0 Å². The molecule has 2 nitrogen and oxygen atoms in total. The summed E-state index contributed by atoms with van der Waals surface area (Å²) in [5.41, 5.74) is 1.10. The molecule has 1 saturated heterocycles. The Hall–Kier alpha value is -1.31. The van der Waals surface area contributed by atoms with Gasteiger partial charge in [0, 0.05) is 24.7 Å². The topological polar surface area (TPSA) is 20.3 Å². The molecule has 0 N–H and O–H groups in total. The van der Waals surface area contributed by atoms with Crippen molar-refractivity contribution in [1.29, 1.82) is 0 Å². The predicted molar refractivity (Wildman–Crippen MR) is 81.5 cm³/mol. The molecule has 0 aromatic heterocycles. The summed E-state index contributed by atoms with van der Waals surface area (Å²) in [4.78, 5) is 12.8. The lowest BCUT2D eigenvalue weighted by Gasteiger charge is -2.32. The van der Waals surface area contributed by atoms with E-state index in [-0.39, 0.29) is 5.92 Å². The maximum atomic E-state index is 10.6. The highest BCUT2D eigenvalue weighted by atomic mass is 16.1. The normalized spacial score (nSPS) is 15.6. The molecule has 1 heterocycles. The number of hydrogen-bond acceptors (Lipinski definition) is 2. The van der Waals surface area contributed by atoms with Crippen molar-refractivity contribution in [3.8, 4) is 0 Å². The fourth-order valence-corrected chi connectivity index (χ4v) is 1.72. The lowest BCUT2D eigenvalue weighted by atomic mass is 9.98. The molecule has 2 heteroatoms. The van der Waals surface area contributed by atoms with Gasteiger partial charge in [-0.3, -0.25) is 0 Å². The van der Waals surface area contributed by atoms with Crippen molar-refractivity contribution in [3.05, 3.63) is 37.1 Å². The first-order chi connectivity index (χ1) is 8.81. The van der Waals surface area contributed by atoms with Gasteiger partial charge in [-0.25, -0.2) is 0 Å². The Morgan fingerprint density at radius 3 is 1.94 bits per heavy atom. The van der Waals surface area contributed by atoms with Crippen LogP contribution in [0.2, 0.25) is 0 Å². The fraction of sp³-hybridized carbons (Fsp3) is 0.562. The molecular formula is C16H29NO. The Morgan fingerprint density at radius 1 is 1.11 bits per heavy atom. The van der Waals surface area contributed by atoms with Crippen molar-refractivity contribution in [1.82, 2.24) is 4.90 Å². The number of allylic oxidation sites excluding steroid dienone is 3. The van der Waals surface area contributed by atoms with Crippen LogP contribution in [-0.4, -0.2) is 24.3 Å². The average Bonchev–Trinajstić information content (AvgIpc) is 2.49. The van der Waals surface area contributed by atoms with E-state index in [9.17, 15) is 4.79 Å². The van der Waals surface area contributed by atoms with Gasteiger partial charge >= 0.3 is 0 Å². The van der Waals surface area contributed by atoms with Crippen LogP contribution >= 0.6 is 0 Å². The smallest absolute Gasteiger partial charge is 0.123 e. The van der Waals surface area contributed by atoms with Crippen LogP contribution in [0.25, 0.3) is 0 Å². The summed E-state index contributed by atoms with van der Waals surface area (Å²) < 4.78 is 0. The van der Waals surface area contributed by atoms with Gasteiger partial charge in [0.2, 0.25) is 0 Å². The molecule has 0 saturated carbocycles. The zero-order chi connectivity index (χ0) is 14.4. The Bertz CT molecular complexity index is 248. The molecule has 1 aliphatic heterocycles. The van der Waals surface area contributed by atoms with Crippen molar-refractivity contribution in [2.75, 3.05) is 13.1 Å². The number of aldehydes is 1. The van der Waals surface area contributed by atoms with Crippen LogP contribution in [0.1, 0.15) is 40.5 Å². The summed E-state index contributed by atoms with van der Waals surface area (Å²) in [7, 11) is 0. The molecular weight excluding hydrogens is 222 g/mol. The van der Waals surface area contributed by atoms with Crippen LogP contribution in [0.4, 0.5) is 0 Å². The number of nitrogens with zero attached hydrogens (tertiary/aromatic N) is 1. The highest BCUT2D eigenvalue weighted by molar-refractivity contribution is 5.53. The summed E-state index contributed by atoms with van der Waals surface area (Å²) in [5.74, 6) is 0.251. The Balaban J connectivity index is 0. The van der Waals surface area contributed by atoms with Gasteiger partial charge in [-0.15, -0.1) is 0 Å². The highest BCUT2D eigenvalue weighted by Gasteiger charge is 2.18. The van der Waals surface area contributed by atoms with E-state index in [2.05, 4.69) is 18.1 Å². The number of hydrogen-bond donors (Lipinski definition) is 0. The van der Waals surface area contributed by atoms with E-state index >= 15 is 0 Å². The molecule has 0 aliphatic carbocycles. The zero-order valence-corrected chi connectivity index (χ0v) is 12.5. The molecule has 18 heavy (non-hydrogen) atoms. The minimum absolute atomic E-state index is 0.251. The fourth-order valence-electron chi connectivity index (χ4n) is 1.72. The number of piperidine rings is 1. The molecule has 104 valence electrons. The number of rotatable bonds is 4. The molecule has 1 aliphatic rings. The van der Waals surface area contributed by atoms with Crippen molar-refractivity contribution in [2.45, 2.75) is 40.5 Å². The maximum Gasteiger partial charge on any atom is 0.123 e. The van der Waals surface area contributed by atoms with Crippen molar-refractivity contribution in [2.24, 2.45) is 5.92 Å². The van der Waals surface area contributed by atoms with E-state index in [1.165, 1.54) is 0 Å². The molecule has 0 aromatic carbocycles.